The van der Waals surface area contributed by atoms with Gasteiger partial charge in [-0.15, -0.1) is 0 Å². The van der Waals surface area contributed by atoms with E-state index in [0.29, 0.717) is 17.0 Å². The van der Waals surface area contributed by atoms with Crippen molar-refractivity contribution >= 4 is 55.6 Å². The zero-order chi connectivity index (χ0) is 39.0. The maximum atomic E-state index is 13.8. The second kappa shape index (κ2) is 14.9. The van der Waals surface area contributed by atoms with E-state index in [4.69, 9.17) is 21.1 Å². The van der Waals surface area contributed by atoms with Crippen LogP contribution in [0.2, 0.25) is 5.02 Å². The van der Waals surface area contributed by atoms with E-state index in [1.165, 1.54) is 18.3 Å². The number of nitro benzene ring substituents is 1. The van der Waals surface area contributed by atoms with E-state index in [2.05, 4.69) is 26.3 Å². The fraction of sp³-hybridized carbons (Fsp3) is 0.200. The number of ether oxygens (including phenoxy) is 2. The lowest BCUT2D eigenvalue weighted by Crippen LogP contribution is -2.54. The number of hydrogen-bond acceptors (Lipinski definition) is 11. The van der Waals surface area contributed by atoms with Crippen molar-refractivity contribution in [3.63, 3.8) is 0 Å². The zero-order valence-corrected chi connectivity index (χ0v) is 31.2. The number of nitro groups is 1. The van der Waals surface area contributed by atoms with Crippen LogP contribution in [-0.2, 0) is 14.8 Å². The van der Waals surface area contributed by atoms with Crippen LogP contribution in [0.25, 0.3) is 22.2 Å². The van der Waals surface area contributed by atoms with Gasteiger partial charge in [0, 0.05) is 41.4 Å². The smallest absolute Gasteiger partial charge is 0.293 e. The number of nitrogens with zero attached hydrogens (tertiary/aromatic N) is 3. The number of H-pyrrole nitrogens is 1. The minimum Gasteiger partial charge on any atom is -0.455 e. The van der Waals surface area contributed by atoms with Gasteiger partial charge in [-0.25, -0.2) is 18.1 Å². The minimum atomic E-state index is -4.62. The Morgan fingerprint density at radius 2 is 1.84 bits per heavy atom. The van der Waals surface area contributed by atoms with Gasteiger partial charge in [-0.05, 0) is 84.1 Å². The molecule has 4 aromatic carbocycles. The first-order chi connectivity index (χ1) is 27.0. The standard InChI is InChI=1S/C40H35ClN6O8S/c41-33-5-2-1-4-31(33)35-6-3-17-46(35)28-10-7-25(8-11-28)26-9-13-32(37(19-26)55-29-18-27-15-16-42-38(27)43-21-29)39(48)45-56(52,53)30-12-14-34(36(20-30)47(50)51)44-22-40(49)23-54-24-40/h1-2,4-5,7-16,18-21,35,44,49H,3,6,17,22-24H2,(H,42,43)(H,45,48). The maximum Gasteiger partial charge on any atom is 0.293 e. The quantitative estimate of drug-likeness (QED) is 0.0723. The summed E-state index contributed by atoms with van der Waals surface area (Å²) in [5, 5.41) is 26.5. The number of carbonyl (C=O) groups excluding carboxylic acids is 1. The van der Waals surface area contributed by atoms with Crippen molar-refractivity contribution in [1.29, 1.82) is 0 Å². The number of aromatic amines is 1. The van der Waals surface area contributed by atoms with Gasteiger partial charge in [-0.1, -0.05) is 48.0 Å². The first-order valence-electron chi connectivity index (χ1n) is 17.7. The van der Waals surface area contributed by atoms with Crippen LogP contribution < -0.4 is 19.7 Å². The molecular formula is C40H35ClN6O8S. The third kappa shape index (κ3) is 7.49. The van der Waals surface area contributed by atoms with Crippen LogP contribution in [0.1, 0.15) is 34.8 Å². The summed E-state index contributed by atoms with van der Waals surface area (Å²) < 4.78 is 40.3. The Balaban J connectivity index is 1.07. The van der Waals surface area contributed by atoms with E-state index in [-0.39, 0.29) is 42.8 Å². The van der Waals surface area contributed by atoms with Gasteiger partial charge < -0.3 is 29.8 Å². The molecule has 4 heterocycles. The van der Waals surface area contributed by atoms with Gasteiger partial charge in [0.05, 0.1) is 40.8 Å². The number of fused-ring (bicyclic) bond motifs is 1. The van der Waals surface area contributed by atoms with E-state index in [1.54, 1.807) is 24.4 Å². The Morgan fingerprint density at radius 3 is 2.59 bits per heavy atom. The predicted octanol–water partition coefficient (Wildman–Crippen LogP) is 7.22. The molecule has 4 N–H and O–H groups in total. The molecule has 2 aliphatic heterocycles. The van der Waals surface area contributed by atoms with Crippen LogP contribution in [-0.4, -0.2) is 66.2 Å². The summed E-state index contributed by atoms with van der Waals surface area (Å²) in [6.45, 7) is 0.961. The lowest BCUT2D eigenvalue weighted by Gasteiger charge is -2.36. The third-order valence-corrected chi connectivity index (χ3v) is 11.6. The number of sulfonamides is 1. The topological polar surface area (TPSA) is 189 Å². The van der Waals surface area contributed by atoms with Gasteiger partial charge in [0.1, 0.15) is 28.4 Å². The van der Waals surface area contributed by atoms with E-state index < -0.39 is 37.0 Å². The van der Waals surface area contributed by atoms with E-state index >= 15 is 0 Å². The van der Waals surface area contributed by atoms with Crippen molar-refractivity contribution in [2.45, 2.75) is 29.4 Å². The van der Waals surface area contributed by atoms with Gasteiger partial charge in [-0.2, -0.15) is 0 Å². The van der Waals surface area contributed by atoms with Crippen molar-refractivity contribution in [3.05, 3.63) is 136 Å². The number of hydrogen-bond donors (Lipinski definition) is 4. The molecule has 2 aliphatic rings. The number of aliphatic hydroxyl groups is 1. The van der Waals surface area contributed by atoms with Gasteiger partial charge in [0.15, 0.2) is 0 Å². The highest BCUT2D eigenvalue weighted by molar-refractivity contribution is 7.90. The fourth-order valence-corrected chi connectivity index (χ4v) is 8.23. The molecule has 1 amide bonds. The zero-order valence-electron chi connectivity index (χ0n) is 29.6. The monoisotopic (exact) mass is 794 g/mol. The van der Waals surface area contributed by atoms with Gasteiger partial charge in [0.25, 0.3) is 21.6 Å². The summed E-state index contributed by atoms with van der Waals surface area (Å²) in [7, 11) is -4.62. The van der Waals surface area contributed by atoms with E-state index in [0.717, 1.165) is 58.7 Å². The maximum absolute atomic E-state index is 13.8. The molecule has 6 aromatic rings. The molecule has 0 radical (unpaired) electrons. The number of aromatic nitrogens is 2. The summed E-state index contributed by atoms with van der Waals surface area (Å²) in [6.07, 6.45) is 5.22. The SMILES string of the molecule is O=C(NS(=O)(=O)c1ccc(NCC2(O)COC2)c([N+](=O)[O-])c1)c1ccc(-c2ccc(N3CCCC3c3ccccc3Cl)cc2)cc1Oc1cnc2[nH]ccc2c1. The average molecular weight is 795 g/mol. The van der Waals surface area contributed by atoms with Crippen molar-refractivity contribution in [2.75, 3.05) is 36.5 Å². The summed E-state index contributed by atoms with van der Waals surface area (Å²) in [4.78, 5) is 34.2. The normalized spacial score (nSPS) is 16.3. The summed E-state index contributed by atoms with van der Waals surface area (Å²) in [6, 6.07) is 27.6. The largest absolute Gasteiger partial charge is 0.455 e. The van der Waals surface area contributed by atoms with Crippen LogP contribution in [0, 0.1) is 10.1 Å². The molecule has 56 heavy (non-hydrogen) atoms. The highest BCUT2D eigenvalue weighted by Gasteiger charge is 2.36. The van der Waals surface area contributed by atoms with Crippen molar-refractivity contribution in [3.8, 4) is 22.6 Å². The lowest BCUT2D eigenvalue weighted by molar-refractivity contribution is -0.384. The number of rotatable bonds is 12. The number of pyridine rings is 1. The van der Waals surface area contributed by atoms with E-state index in [9.17, 15) is 28.4 Å². The number of anilines is 2. The van der Waals surface area contributed by atoms with Crippen molar-refractivity contribution < 1.29 is 32.7 Å². The second-order valence-corrected chi connectivity index (χ2v) is 15.9. The molecule has 16 heteroatoms. The Hall–Kier alpha value is -6.00. The molecule has 0 bridgehead atoms. The van der Waals surface area contributed by atoms with Crippen molar-refractivity contribution in [2.24, 2.45) is 0 Å². The van der Waals surface area contributed by atoms with Gasteiger partial charge in [-0.3, -0.25) is 14.9 Å². The summed E-state index contributed by atoms with van der Waals surface area (Å²) in [5.41, 5.74) is 2.42. The molecule has 2 fully saturated rings. The molecule has 1 unspecified atom stereocenters. The van der Waals surface area contributed by atoms with Crippen LogP contribution in [0.3, 0.4) is 0 Å². The number of nitrogens with one attached hydrogen (secondary N) is 3. The summed E-state index contributed by atoms with van der Waals surface area (Å²) >= 11 is 6.57. The van der Waals surface area contributed by atoms with Crippen LogP contribution in [0.5, 0.6) is 11.5 Å². The number of amides is 1. The average Bonchev–Trinajstić information content (AvgIpc) is 3.86. The molecule has 0 spiro atoms. The Kier molecular flexibility index (Phi) is 9.84. The molecule has 2 aromatic heterocycles. The fourth-order valence-electron chi connectivity index (χ4n) is 6.98. The molecule has 2 saturated heterocycles. The molecule has 0 aliphatic carbocycles. The number of halogens is 1. The molecule has 0 saturated carbocycles. The van der Waals surface area contributed by atoms with Crippen LogP contribution in [0.4, 0.5) is 17.1 Å². The lowest BCUT2D eigenvalue weighted by atomic mass is 10.0. The Bertz CT molecular complexity index is 2580. The Morgan fingerprint density at radius 1 is 1.05 bits per heavy atom. The second-order valence-electron chi connectivity index (χ2n) is 13.8. The van der Waals surface area contributed by atoms with Crippen molar-refractivity contribution in [1.82, 2.24) is 14.7 Å². The Labute approximate surface area is 326 Å². The molecule has 1 atom stereocenters. The third-order valence-electron chi connectivity index (χ3n) is 9.93. The first-order valence-corrected chi connectivity index (χ1v) is 19.6. The van der Waals surface area contributed by atoms with Crippen LogP contribution >= 0.6 is 11.6 Å². The summed E-state index contributed by atoms with van der Waals surface area (Å²) in [5.74, 6) is -0.662. The molecule has 286 valence electrons. The molecule has 14 nitrogen and oxygen atoms in total. The number of carbonyl (C=O) groups is 1. The minimum absolute atomic E-state index is 0.00579. The molecular weight excluding hydrogens is 760 g/mol. The van der Waals surface area contributed by atoms with Gasteiger partial charge in [0.2, 0.25) is 0 Å². The molecule has 8 rings (SSSR count). The highest BCUT2D eigenvalue weighted by Crippen LogP contribution is 2.40. The predicted molar refractivity (Wildman–Crippen MR) is 211 cm³/mol. The van der Waals surface area contributed by atoms with Gasteiger partial charge >= 0.3 is 0 Å². The van der Waals surface area contributed by atoms with E-state index in [1.807, 2.05) is 53.3 Å². The highest BCUT2D eigenvalue weighted by atomic mass is 35.5. The first kappa shape index (κ1) is 36.9. The number of benzene rings is 4. The van der Waals surface area contributed by atoms with Crippen LogP contribution in [0.15, 0.2) is 114 Å².